The third-order valence-electron chi connectivity index (χ3n) is 3.03. The summed E-state index contributed by atoms with van der Waals surface area (Å²) in [6.07, 6.45) is 1.86. The Morgan fingerprint density at radius 2 is 1.93 bits per heavy atom. The molecule has 0 heterocycles. The van der Waals surface area contributed by atoms with Crippen molar-refractivity contribution >= 4 is 11.9 Å². The number of rotatable bonds is 4. The number of hydrogen-bond donors (Lipinski definition) is 2. The van der Waals surface area contributed by atoms with Crippen LogP contribution in [0.1, 0.15) is 33.6 Å². The van der Waals surface area contributed by atoms with E-state index < -0.39 is 11.4 Å². The summed E-state index contributed by atoms with van der Waals surface area (Å²) in [7, 11) is 0. The molecule has 0 saturated heterocycles. The highest BCUT2D eigenvalue weighted by Crippen LogP contribution is 2.33. The summed E-state index contributed by atoms with van der Waals surface area (Å²) in [5.74, 6) is -0.148. The van der Waals surface area contributed by atoms with Gasteiger partial charge in [-0.25, -0.2) is 0 Å². The second-order valence-corrected chi connectivity index (χ2v) is 5.18. The van der Waals surface area contributed by atoms with Crippen LogP contribution in [0.25, 0.3) is 0 Å². The summed E-state index contributed by atoms with van der Waals surface area (Å²) < 4.78 is 0. The van der Waals surface area contributed by atoms with Crippen molar-refractivity contribution in [3.05, 3.63) is 0 Å². The molecule has 1 saturated carbocycles. The van der Waals surface area contributed by atoms with Crippen molar-refractivity contribution in [1.29, 1.82) is 0 Å². The number of carboxylic acids is 1. The molecule has 1 fully saturated rings. The average molecular weight is 213 g/mol. The van der Waals surface area contributed by atoms with Crippen LogP contribution in [0.15, 0.2) is 0 Å². The van der Waals surface area contributed by atoms with Crippen LogP contribution < -0.4 is 5.32 Å². The van der Waals surface area contributed by atoms with Crippen molar-refractivity contribution in [3.8, 4) is 0 Å². The summed E-state index contributed by atoms with van der Waals surface area (Å²) in [5.41, 5.74) is -0.884. The first-order valence-corrected chi connectivity index (χ1v) is 5.34. The van der Waals surface area contributed by atoms with Gasteiger partial charge in [-0.2, -0.15) is 0 Å². The number of aliphatic carboxylic acids is 1. The molecule has 1 rings (SSSR count). The molecule has 1 aliphatic rings. The highest BCUT2D eigenvalue weighted by Gasteiger charge is 2.33. The molecule has 15 heavy (non-hydrogen) atoms. The molecule has 4 nitrogen and oxygen atoms in total. The van der Waals surface area contributed by atoms with Gasteiger partial charge < -0.3 is 10.4 Å². The minimum atomic E-state index is -0.884. The van der Waals surface area contributed by atoms with Gasteiger partial charge in [0, 0.05) is 12.5 Å². The average Bonchev–Trinajstić information content (AvgIpc) is 2.09. The van der Waals surface area contributed by atoms with Crippen LogP contribution in [-0.4, -0.2) is 23.5 Å². The van der Waals surface area contributed by atoms with Crippen LogP contribution in [0.5, 0.6) is 0 Å². The van der Waals surface area contributed by atoms with E-state index in [-0.39, 0.29) is 18.4 Å². The summed E-state index contributed by atoms with van der Waals surface area (Å²) >= 11 is 0. The number of hydrogen-bond acceptors (Lipinski definition) is 2. The molecule has 1 aliphatic carbocycles. The van der Waals surface area contributed by atoms with E-state index >= 15 is 0 Å². The summed E-state index contributed by atoms with van der Waals surface area (Å²) in [5, 5.41) is 11.6. The molecule has 0 aromatic heterocycles. The minimum Gasteiger partial charge on any atom is -0.481 e. The van der Waals surface area contributed by atoms with Gasteiger partial charge in [0.05, 0.1) is 5.41 Å². The number of carbonyl (C=O) groups excluding carboxylic acids is 1. The van der Waals surface area contributed by atoms with E-state index in [1.54, 1.807) is 13.8 Å². The van der Waals surface area contributed by atoms with Crippen molar-refractivity contribution < 1.29 is 14.7 Å². The molecule has 0 bridgehead atoms. The topological polar surface area (TPSA) is 66.4 Å². The lowest BCUT2D eigenvalue weighted by Crippen LogP contribution is -2.44. The number of carbonyl (C=O) groups is 2. The van der Waals surface area contributed by atoms with Gasteiger partial charge in [0.25, 0.3) is 0 Å². The smallest absolute Gasteiger partial charge is 0.310 e. The predicted octanol–water partition coefficient (Wildman–Crippen LogP) is 1.26. The lowest BCUT2D eigenvalue weighted by atomic mass is 9.75. The van der Waals surface area contributed by atoms with Gasteiger partial charge in [-0.15, -0.1) is 0 Å². The molecule has 2 N–H and O–H groups in total. The Balaban J connectivity index is 2.31. The van der Waals surface area contributed by atoms with Gasteiger partial charge in [0.2, 0.25) is 5.91 Å². The molecule has 86 valence electrons. The van der Waals surface area contributed by atoms with Crippen LogP contribution in [0.2, 0.25) is 0 Å². The second kappa shape index (κ2) is 4.21. The van der Waals surface area contributed by atoms with Crippen LogP contribution in [0.4, 0.5) is 0 Å². The maximum absolute atomic E-state index is 11.5. The third kappa shape index (κ3) is 2.94. The SMILES string of the molecule is CC1CC(C(=O)NCC(C)(C)C(=O)O)C1. The zero-order valence-corrected chi connectivity index (χ0v) is 9.54. The van der Waals surface area contributed by atoms with Crippen molar-refractivity contribution in [2.24, 2.45) is 17.3 Å². The quantitative estimate of drug-likeness (QED) is 0.738. The molecule has 0 aromatic carbocycles. The minimum absolute atomic E-state index is 0.00225. The van der Waals surface area contributed by atoms with Crippen molar-refractivity contribution in [2.75, 3.05) is 6.54 Å². The Hall–Kier alpha value is -1.06. The largest absolute Gasteiger partial charge is 0.481 e. The number of amides is 1. The molecule has 0 atom stereocenters. The highest BCUT2D eigenvalue weighted by atomic mass is 16.4. The molecular formula is C11H19NO3. The van der Waals surface area contributed by atoms with E-state index in [4.69, 9.17) is 5.11 Å². The van der Waals surface area contributed by atoms with Gasteiger partial charge in [-0.1, -0.05) is 6.92 Å². The van der Waals surface area contributed by atoms with Crippen LogP contribution in [-0.2, 0) is 9.59 Å². The molecular weight excluding hydrogens is 194 g/mol. The first-order valence-electron chi connectivity index (χ1n) is 5.34. The lowest BCUT2D eigenvalue weighted by Gasteiger charge is -2.32. The number of nitrogens with one attached hydrogen (secondary N) is 1. The van der Waals surface area contributed by atoms with Gasteiger partial charge in [0.15, 0.2) is 0 Å². The molecule has 0 aromatic rings. The fourth-order valence-electron chi connectivity index (χ4n) is 1.64. The molecule has 4 heteroatoms. The van der Waals surface area contributed by atoms with Crippen molar-refractivity contribution in [2.45, 2.75) is 33.6 Å². The fraction of sp³-hybridized carbons (Fsp3) is 0.818. The zero-order valence-electron chi connectivity index (χ0n) is 9.54. The predicted molar refractivity (Wildman–Crippen MR) is 56.3 cm³/mol. The summed E-state index contributed by atoms with van der Waals surface area (Å²) in [6, 6.07) is 0. The van der Waals surface area contributed by atoms with Gasteiger partial charge >= 0.3 is 5.97 Å². The Bertz CT molecular complexity index is 267. The zero-order chi connectivity index (χ0) is 11.6. The van der Waals surface area contributed by atoms with Crippen molar-refractivity contribution in [3.63, 3.8) is 0 Å². The molecule has 0 spiro atoms. The van der Waals surface area contributed by atoms with Gasteiger partial charge in [-0.3, -0.25) is 9.59 Å². The van der Waals surface area contributed by atoms with E-state index in [1.807, 2.05) is 0 Å². The molecule has 0 radical (unpaired) electrons. The van der Waals surface area contributed by atoms with E-state index in [2.05, 4.69) is 12.2 Å². The van der Waals surface area contributed by atoms with Crippen molar-refractivity contribution in [1.82, 2.24) is 5.32 Å². The van der Waals surface area contributed by atoms with E-state index in [0.29, 0.717) is 5.92 Å². The molecule has 1 amide bonds. The Labute approximate surface area is 90.0 Å². The van der Waals surface area contributed by atoms with E-state index in [9.17, 15) is 9.59 Å². The first-order chi connectivity index (χ1) is 6.83. The van der Waals surface area contributed by atoms with Crippen LogP contribution >= 0.6 is 0 Å². The summed E-state index contributed by atoms with van der Waals surface area (Å²) in [6.45, 7) is 5.54. The Morgan fingerprint density at radius 3 is 2.33 bits per heavy atom. The van der Waals surface area contributed by atoms with Crippen LogP contribution in [0, 0.1) is 17.3 Å². The Kier molecular flexibility index (Phi) is 3.37. The van der Waals surface area contributed by atoms with E-state index in [1.165, 1.54) is 0 Å². The second-order valence-electron chi connectivity index (χ2n) is 5.18. The summed E-state index contributed by atoms with van der Waals surface area (Å²) in [4.78, 5) is 22.3. The Morgan fingerprint density at radius 1 is 1.40 bits per heavy atom. The van der Waals surface area contributed by atoms with E-state index in [0.717, 1.165) is 12.8 Å². The number of carboxylic acid groups (broad SMARTS) is 1. The lowest BCUT2D eigenvalue weighted by molar-refractivity contribution is -0.147. The monoisotopic (exact) mass is 213 g/mol. The molecule has 0 unspecified atom stereocenters. The first kappa shape index (κ1) is 12.0. The maximum atomic E-state index is 11.5. The maximum Gasteiger partial charge on any atom is 0.310 e. The highest BCUT2D eigenvalue weighted by molar-refractivity contribution is 5.81. The third-order valence-corrected chi connectivity index (χ3v) is 3.03. The van der Waals surface area contributed by atoms with Crippen LogP contribution in [0.3, 0.4) is 0 Å². The fourth-order valence-corrected chi connectivity index (χ4v) is 1.64. The normalized spacial score (nSPS) is 25.5. The standard InChI is InChI=1S/C11H19NO3/c1-7-4-8(5-7)9(13)12-6-11(2,3)10(14)15/h7-8H,4-6H2,1-3H3,(H,12,13)(H,14,15). The van der Waals surface area contributed by atoms with Gasteiger partial charge in [-0.05, 0) is 32.6 Å². The van der Waals surface area contributed by atoms with Gasteiger partial charge in [0.1, 0.15) is 0 Å². The molecule has 0 aliphatic heterocycles.